The second kappa shape index (κ2) is 5.71. The smallest absolute Gasteiger partial charge is 0.239 e. The van der Waals surface area contributed by atoms with E-state index in [9.17, 15) is 4.79 Å². The minimum absolute atomic E-state index is 0.00996. The summed E-state index contributed by atoms with van der Waals surface area (Å²) in [7, 11) is 0. The van der Waals surface area contributed by atoms with Crippen LogP contribution in [0.25, 0.3) is 0 Å². The standard InChI is InChI=1S/C13H19IN2O/c1-9-10(14)6-5-7-11(9)15-8-12(17)16-13(2,3)4/h5-7,15H,8H2,1-4H3,(H,16,17). The van der Waals surface area contributed by atoms with E-state index < -0.39 is 0 Å². The van der Waals surface area contributed by atoms with Gasteiger partial charge in [0, 0.05) is 14.8 Å². The van der Waals surface area contributed by atoms with E-state index in [4.69, 9.17) is 0 Å². The Labute approximate surface area is 117 Å². The van der Waals surface area contributed by atoms with Crippen LogP contribution >= 0.6 is 22.6 Å². The zero-order valence-corrected chi connectivity index (χ0v) is 12.9. The summed E-state index contributed by atoms with van der Waals surface area (Å²) < 4.78 is 1.20. The molecule has 2 N–H and O–H groups in total. The molecule has 4 heteroatoms. The summed E-state index contributed by atoms with van der Waals surface area (Å²) >= 11 is 2.29. The molecule has 0 aliphatic carbocycles. The molecular weight excluding hydrogens is 327 g/mol. The van der Waals surface area contributed by atoms with E-state index in [-0.39, 0.29) is 11.4 Å². The lowest BCUT2D eigenvalue weighted by atomic mass is 10.1. The minimum Gasteiger partial charge on any atom is -0.376 e. The van der Waals surface area contributed by atoms with Crippen molar-refractivity contribution in [3.05, 3.63) is 27.3 Å². The Hall–Kier alpha value is -0.780. The van der Waals surface area contributed by atoms with Crippen LogP contribution < -0.4 is 10.6 Å². The van der Waals surface area contributed by atoms with Gasteiger partial charge in [-0.25, -0.2) is 0 Å². The minimum atomic E-state index is -0.182. The van der Waals surface area contributed by atoms with Crippen molar-refractivity contribution in [3.63, 3.8) is 0 Å². The highest BCUT2D eigenvalue weighted by atomic mass is 127. The van der Waals surface area contributed by atoms with E-state index in [0.29, 0.717) is 6.54 Å². The first kappa shape index (κ1) is 14.3. The summed E-state index contributed by atoms with van der Waals surface area (Å²) in [6.07, 6.45) is 0. The average molecular weight is 346 g/mol. The maximum atomic E-state index is 11.7. The Morgan fingerprint density at radius 2 is 2.00 bits per heavy atom. The molecule has 1 aromatic carbocycles. The molecule has 1 rings (SSSR count). The SMILES string of the molecule is Cc1c(I)cccc1NCC(=O)NC(C)(C)C. The van der Waals surface area contributed by atoms with Crippen LogP contribution in [0.3, 0.4) is 0 Å². The van der Waals surface area contributed by atoms with E-state index in [1.807, 2.05) is 39.8 Å². The molecule has 0 aliphatic heterocycles. The Kier molecular flexibility index (Phi) is 4.80. The van der Waals surface area contributed by atoms with Crippen LogP contribution in [0.2, 0.25) is 0 Å². The highest BCUT2D eigenvalue weighted by Crippen LogP contribution is 2.19. The van der Waals surface area contributed by atoms with Crippen molar-refractivity contribution in [2.45, 2.75) is 33.2 Å². The van der Waals surface area contributed by atoms with Crippen molar-refractivity contribution in [3.8, 4) is 0 Å². The summed E-state index contributed by atoms with van der Waals surface area (Å²) in [6.45, 7) is 8.27. The van der Waals surface area contributed by atoms with E-state index in [1.165, 1.54) is 9.13 Å². The van der Waals surface area contributed by atoms with Crippen LogP contribution in [0, 0.1) is 10.5 Å². The summed E-state index contributed by atoms with van der Waals surface area (Å²) in [5, 5.41) is 6.08. The number of rotatable bonds is 3. The molecule has 0 bridgehead atoms. The van der Waals surface area contributed by atoms with Crippen LogP contribution in [0.5, 0.6) is 0 Å². The molecule has 1 aromatic rings. The van der Waals surface area contributed by atoms with E-state index >= 15 is 0 Å². The Balaban J connectivity index is 2.56. The lowest BCUT2D eigenvalue weighted by Crippen LogP contribution is -2.43. The Morgan fingerprint density at radius 1 is 1.35 bits per heavy atom. The average Bonchev–Trinajstić information content (AvgIpc) is 2.18. The maximum absolute atomic E-state index is 11.7. The molecule has 0 unspecified atom stereocenters. The molecule has 17 heavy (non-hydrogen) atoms. The van der Waals surface area contributed by atoms with E-state index in [0.717, 1.165) is 5.69 Å². The van der Waals surface area contributed by atoms with Gasteiger partial charge in [-0.3, -0.25) is 4.79 Å². The van der Waals surface area contributed by atoms with Gasteiger partial charge in [-0.05, 0) is 68.0 Å². The van der Waals surface area contributed by atoms with Gasteiger partial charge in [-0.15, -0.1) is 0 Å². The largest absolute Gasteiger partial charge is 0.376 e. The first-order chi connectivity index (χ1) is 7.79. The van der Waals surface area contributed by atoms with Crippen LogP contribution in [-0.4, -0.2) is 18.0 Å². The summed E-state index contributed by atoms with van der Waals surface area (Å²) in [4.78, 5) is 11.7. The van der Waals surface area contributed by atoms with Gasteiger partial charge in [0.05, 0.1) is 6.54 Å². The van der Waals surface area contributed by atoms with Gasteiger partial charge in [-0.1, -0.05) is 6.07 Å². The summed E-state index contributed by atoms with van der Waals surface area (Å²) in [5.74, 6) is 0.00996. The molecule has 0 spiro atoms. The second-order valence-electron chi connectivity index (χ2n) is 5.06. The summed E-state index contributed by atoms with van der Waals surface area (Å²) in [5.41, 5.74) is 2.01. The third-order valence-corrected chi connectivity index (χ3v) is 3.39. The molecule has 94 valence electrons. The molecule has 0 atom stereocenters. The van der Waals surface area contributed by atoms with Crippen molar-refractivity contribution < 1.29 is 4.79 Å². The van der Waals surface area contributed by atoms with Gasteiger partial charge in [0.1, 0.15) is 0 Å². The fourth-order valence-corrected chi connectivity index (χ4v) is 1.94. The number of nitrogens with one attached hydrogen (secondary N) is 2. The van der Waals surface area contributed by atoms with Crippen molar-refractivity contribution >= 4 is 34.2 Å². The third kappa shape index (κ3) is 4.93. The molecule has 1 amide bonds. The van der Waals surface area contributed by atoms with Gasteiger partial charge >= 0.3 is 0 Å². The normalized spacial score (nSPS) is 11.1. The van der Waals surface area contributed by atoms with Crippen molar-refractivity contribution in [1.82, 2.24) is 5.32 Å². The summed E-state index contributed by atoms with van der Waals surface area (Å²) in [6, 6.07) is 6.02. The lowest BCUT2D eigenvalue weighted by molar-refractivity contribution is -0.120. The molecule has 0 aliphatic rings. The molecule has 0 saturated carbocycles. The van der Waals surface area contributed by atoms with Crippen molar-refractivity contribution in [1.29, 1.82) is 0 Å². The topological polar surface area (TPSA) is 41.1 Å². The number of hydrogen-bond acceptors (Lipinski definition) is 2. The monoisotopic (exact) mass is 346 g/mol. The Bertz CT molecular complexity index is 410. The molecule has 0 fully saturated rings. The molecule has 3 nitrogen and oxygen atoms in total. The third-order valence-electron chi connectivity index (χ3n) is 2.22. The molecular formula is C13H19IN2O. The number of carbonyl (C=O) groups excluding carboxylic acids is 1. The number of hydrogen-bond donors (Lipinski definition) is 2. The molecule has 0 saturated heterocycles. The number of anilines is 1. The quantitative estimate of drug-likeness (QED) is 0.827. The van der Waals surface area contributed by atoms with Crippen LogP contribution in [0.15, 0.2) is 18.2 Å². The van der Waals surface area contributed by atoms with Gasteiger partial charge < -0.3 is 10.6 Å². The molecule has 0 heterocycles. The first-order valence-corrected chi connectivity index (χ1v) is 6.67. The molecule has 0 radical (unpaired) electrons. The van der Waals surface area contributed by atoms with Gasteiger partial charge in [0.25, 0.3) is 0 Å². The number of amides is 1. The van der Waals surface area contributed by atoms with Crippen LogP contribution in [0.4, 0.5) is 5.69 Å². The lowest BCUT2D eigenvalue weighted by Gasteiger charge is -2.21. The zero-order chi connectivity index (χ0) is 13.1. The van der Waals surface area contributed by atoms with E-state index in [2.05, 4.69) is 39.3 Å². The van der Waals surface area contributed by atoms with Gasteiger partial charge in [-0.2, -0.15) is 0 Å². The predicted molar refractivity (Wildman–Crippen MR) is 80.3 cm³/mol. The van der Waals surface area contributed by atoms with Gasteiger partial charge in [0.2, 0.25) is 5.91 Å². The molecule has 0 aromatic heterocycles. The van der Waals surface area contributed by atoms with Crippen molar-refractivity contribution in [2.75, 3.05) is 11.9 Å². The fourth-order valence-electron chi connectivity index (χ4n) is 1.44. The fraction of sp³-hybridized carbons (Fsp3) is 0.462. The zero-order valence-electron chi connectivity index (χ0n) is 10.7. The first-order valence-electron chi connectivity index (χ1n) is 5.59. The predicted octanol–water partition coefficient (Wildman–Crippen LogP) is 2.93. The number of carbonyl (C=O) groups is 1. The van der Waals surface area contributed by atoms with Crippen LogP contribution in [-0.2, 0) is 4.79 Å². The van der Waals surface area contributed by atoms with Crippen LogP contribution in [0.1, 0.15) is 26.3 Å². The van der Waals surface area contributed by atoms with Gasteiger partial charge in [0.15, 0.2) is 0 Å². The highest BCUT2D eigenvalue weighted by Gasteiger charge is 2.13. The second-order valence-corrected chi connectivity index (χ2v) is 6.23. The Morgan fingerprint density at radius 3 is 2.59 bits per heavy atom. The number of benzene rings is 1. The van der Waals surface area contributed by atoms with Crippen molar-refractivity contribution in [2.24, 2.45) is 0 Å². The van der Waals surface area contributed by atoms with E-state index in [1.54, 1.807) is 0 Å². The highest BCUT2D eigenvalue weighted by molar-refractivity contribution is 14.1. The number of halogens is 1. The maximum Gasteiger partial charge on any atom is 0.239 e.